The number of rotatable bonds is 7. The average Bonchev–Trinajstić information content (AvgIpc) is 2.31. The van der Waals surface area contributed by atoms with Gasteiger partial charge in [-0.2, -0.15) is 0 Å². The lowest BCUT2D eigenvalue weighted by atomic mass is 10.2. The van der Waals surface area contributed by atoms with E-state index in [0.717, 1.165) is 23.7 Å². The van der Waals surface area contributed by atoms with E-state index in [4.69, 9.17) is 11.6 Å². The summed E-state index contributed by atoms with van der Waals surface area (Å²) < 4.78 is 0. The number of nitrogens with one attached hydrogen (secondary N) is 1. The standard InChI is InChI=1S/C14H20ClNS/c1-4-9-16-14(11(2)3)10-17-13-7-5-12(15)6-8-13/h5-8,14,16H,2,4,9-10H2,1,3H3. The minimum atomic E-state index is 0.385. The third-order valence-electron chi connectivity index (χ3n) is 2.47. The first-order chi connectivity index (χ1) is 8.13. The van der Waals surface area contributed by atoms with Gasteiger partial charge in [0.2, 0.25) is 0 Å². The fourth-order valence-corrected chi connectivity index (χ4v) is 2.62. The zero-order chi connectivity index (χ0) is 12.7. The fourth-order valence-electron chi connectivity index (χ4n) is 1.40. The summed E-state index contributed by atoms with van der Waals surface area (Å²) in [4.78, 5) is 1.25. The Labute approximate surface area is 114 Å². The van der Waals surface area contributed by atoms with Crippen LogP contribution in [0.2, 0.25) is 5.02 Å². The molecular formula is C14H20ClNS. The summed E-state index contributed by atoms with van der Waals surface area (Å²) in [6, 6.07) is 8.36. The van der Waals surface area contributed by atoms with Crippen molar-refractivity contribution in [2.24, 2.45) is 0 Å². The van der Waals surface area contributed by atoms with Gasteiger partial charge in [-0.15, -0.1) is 11.8 Å². The van der Waals surface area contributed by atoms with E-state index in [2.05, 4.69) is 37.9 Å². The number of halogens is 1. The summed E-state index contributed by atoms with van der Waals surface area (Å²) in [5.41, 5.74) is 1.19. The normalized spacial score (nSPS) is 12.4. The maximum absolute atomic E-state index is 5.86. The molecule has 3 heteroatoms. The summed E-state index contributed by atoms with van der Waals surface area (Å²) >= 11 is 7.69. The summed E-state index contributed by atoms with van der Waals surface area (Å²) in [6.07, 6.45) is 1.15. The van der Waals surface area contributed by atoms with Crippen molar-refractivity contribution in [2.75, 3.05) is 12.3 Å². The fraction of sp³-hybridized carbons (Fsp3) is 0.429. The number of hydrogen-bond acceptors (Lipinski definition) is 2. The molecule has 17 heavy (non-hydrogen) atoms. The van der Waals surface area contributed by atoms with E-state index in [1.165, 1.54) is 10.5 Å². The molecule has 1 aromatic rings. The zero-order valence-electron chi connectivity index (χ0n) is 10.5. The third kappa shape index (κ3) is 5.62. The van der Waals surface area contributed by atoms with E-state index in [-0.39, 0.29) is 0 Å². The Bertz CT molecular complexity index is 348. The van der Waals surface area contributed by atoms with Gasteiger partial charge in [0.05, 0.1) is 0 Å². The van der Waals surface area contributed by atoms with Crippen molar-refractivity contribution in [1.82, 2.24) is 5.32 Å². The van der Waals surface area contributed by atoms with Crippen LogP contribution in [-0.4, -0.2) is 18.3 Å². The van der Waals surface area contributed by atoms with Crippen molar-refractivity contribution >= 4 is 23.4 Å². The van der Waals surface area contributed by atoms with Gasteiger partial charge < -0.3 is 5.32 Å². The van der Waals surface area contributed by atoms with Gasteiger partial charge in [-0.05, 0) is 44.2 Å². The maximum atomic E-state index is 5.86. The first-order valence-corrected chi connectivity index (χ1v) is 7.27. The van der Waals surface area contributed by atoms with E-state index in [0.29, 0.717) is 6.04 Å². The highest BCUT2D eigenvalue weighted by Crippen LogP contribution is 2.22. The minimum absolute atomic E-state index is 0.385. The van der Waals surface area contributed by atoms with Crippen molar-refractivity contribution in [2.45, 2.75) is 31.2 Å². The Hall–Kier alpha value is -0.440. The highest BCUT2D eigenvalue weighted by Gasteiger charge is 2.08. The van der Waals surface area contributed by atoms with E-state index in [1.807, 2.05) is 23.9 Å². The molecule has 0 aliphatic heterocycles. The molecule has 0 aliphatic carbocycles. The van der Waals surface area contributed by atoms with Crippen molar-refractivity contribution in [1.29, 1.82) is 0 Å². The van der Waals surface area contributed by atoms with Crippen LogP contribution in [-0.2, 0) is 0 Å². The average molecular weight is 270 g/mol. The van der Waals surface area contributed by atoms with Crippen LogP contribution in [0.3, 0.4) is 0 Å². The van der Waals surface area contributed by atoms with E-state index in [1.54, 1.807) is 0 Å². The van der Waals surface area contributed by atoms with Crippen molar-refractivity contribution in [3.05, 3.63) is 41.4 Å². The molecule has 0 amide bonds. The molecule has 0 fully saturated rings. The van der Waals surface area contributed by atoms with E-state index < -0.39 is 0 Å². The van der Waals surface area contributed by atoms with Crippen molar-refractivity contribution in [3.63, 3.8) is 0 Å². The lowest BCUT2D eigenvalue weighted by Gasteiger charge is -2.18. The predicted octanol–water partition coefficient (Wildman–Crippen LogP) is 4.38. The van der Waals surface area contributed by atoms with Gasteiger partial charge in [0, 0.05) is 21.7 Å². The SMILES string of the molecule is C=C(C)C(CSc1ccc(Cl)cc1)NCCC. The highest BCUT2D eigenvalue weighted by atomic mass is 35.5. The van der Waals surface area contributed by atoms with Crippen molar-refractivity contribution in [3.8, 4) is 0 Å². The monoisotopic (exact) mass is 269 g/mol. The van der Waals surface area contributed by atoms with Gasteiger partial charge >= 0.3 is 0 Å². The third-order valence-corrected chi connectivity index (χ3v) is 3.82. The molecule has 1 nitrogen and oxygen atoms in total. The van der Waals surface area contributed by atoms with Crippen LogP contribution in [0, 0.1) is 0 Å². The molecule has 0 bridgehead atoms. The molecule has 0 aliphatic rings. The van der Waals surface area contributed by atoms with Crippen LogP contribution in [0.1, 0.15) is 20.3 Å². The van der Waals surface area contributed by atoms with Gasteiger partial charge in [-0.25, -0.2) is 0 Å². The smallest absolute Gasteiger partial charge is 0.0406 e. The van der Waals surface area contributed by atoms with E-state index in [9.17, 15) is 0 Å². The van der Waals surface area contributed by atoms with Gasteiger partial charge in [0.25, 0.3) is 0 Å². The number of hydrogen-bond donors (Lipinski definition) is 1. The molecule has 0 aromatic heterocycles. The molecule has 1 rings (SSSR count). The number of benzene rings is 1. The van der Waals surface area contributed by atoms with Crippen molar-refractivity contribution < 1.29 is 0 Å². The summed E-state index contributed by atoms with van der Waals surface area (Å²) in [5.74, 6) is 1.01. The first-order valence-electron chi connectivity index (χ1n) is 5.90. The molecular weight excluding hydrogens is 250 g/mol. The molecule has 1 aromatic carbocycles. The van der Waals surface area contributed by atoms with Crippen LogP contribution in [0.5, 0.6) is 0 Å². The lowest BCUT2D eigenvalue weighted by molar-refractivity contribution is 0.609. The number of thioether (sulfide) groups is 1. The predicted molar refractivity (Wildman–Crippen MR) is 79.1 cm³/mol. The molecule has 0 saturated heterocycles. The zero-order valence-corrected chi connectivity index (χ0v) is 12.1. The van der Waals surface area contributed by atoms with Crippen LogP contribution < -0.4 is 5.32 Å². The van der Waals surface area contributed by atoms with Crippen LogP contribution in [0.15, 0.2) is 41.3 Å². The second-order valence-electron chi connectivity index (χ2n) is 4.12. The summed E-state index contributed by atoms with van der Waals surface area (Å²) in [7, 11) is 0. The minimum Gasteiger partial charge on any atom is -0.310 e. The lowest BCUT2D eigenvalue weighted by Crippen LogP contribution is -2.32. The molecule has 1 atom stereocenters. The molecule has 1 N–H and O–H groups in total. The second kappa shape index (κ2) is 7.80. The molecule has 1 unspecified atom stereocenters. The van der Waals surface area contributed by atoms with Gasteiger partial charge in [-0.1, -0.05) is 30.7 Å². The van der Waals surface area contributed by atoms with Gasteiger partial charge in [0.1, 0.15) is 0 Å². The Morgan fingerprint density at radius 2 is 2.06 bits per heavy atom. The molecule has 0 spiro atoms. The molecule has 0 saturated carbocycles. The largest absolute Gasteiger partial charge is 0.310 e. The van der Waals surface area contributed by atoms with Gasteiger partial charge in [-0.3, -0.25) is 0 Å². The molecule has 0 radical (unpaired) electrons. The first kappa shape index (κ1) is 14.6. The van der Waals surface area contributed by atoms with E-state index >= 15 is 0 Å². The quantitative estimate of drug-likeness (QED) is 0.582. The van der Waals surface area contributed by atoms with Crippen LogP contribution >= 0.6 is 23.4 Å². The Morgan fingerprint density at radius 1 is 1.41 bits per heavy atom. The molecule has 94 valence electrons. The Morgan fingerprint density at radius 3 is 2.59 bits per heavy atom. The Balaban J connectivity index is 2.45. The topological polar surface area (TPSA) is 12.0 Å². The maximum Gasteiger partial charge on any atom is 0.0406 e. The van der Waals surface area contributed by atoms with Crippen LogP contribution in [0.4, 0.5) is 0 Å². The highest BCUT2D eigenvalue weighted by molar-refractivity contribution is 7.99. The molecule has 0 heterocycles. The Kier molecular flexibility index (Phi) is 6.71. The van der Waals surface area contributed by atoms with Crippen LogP contribution in [0.25, 0.3) is 0 Å². The van der Waals surface area contributed by atoms with Gasteiger partial charge in [0.15, 0.2) is 0 Å². The second-order valence-corrected chi connectivity index (χ2v) is 5.65. The summed E-state index contributed by atoms with van der Waals surface area (Å²) in [6.45, 7) is 9.33. The summed E-state index contributed by atoms with van der Waals surface area (Å²) in [5, 5.41) is 4.29.